The zero-order valence-electron chi connectivity index (χ0n) is 31.1. The second-order valence-corrected chi connectivity index (χ2v) is 16.5. The van der Waals surface area contributed by atoms with Crippen molar-refractivity contribution in [2.45, 2.75) is 154 Å². The van der Waals surface area contributed by atoms with Gasteiger partial charge in [0.1, 0.15) is 9.98 Å². The Morgan fingerprint density at radius 3 is 1.00 bits per heavy atom. The summed E-state index contributed by atoms with van der Waals surface area (Å²) in [6, 6.07) is 17.6. The molecule has 2 aromatic rings. The van der Waals surface area contributed by atoms with Gasteiger partial charge in [0.2, 0.25) is 0 Å². The van der Waals surface area contributed by atoms with E-state index in [0.29, 0.717) is 9.98 Å². The molecule has 270 valence electrons. The van der Waals surface area contributed by atoms with Gasteiger partial charge in [0, 0.05) is 37.0 Å². The molecule has 0 amide bonds. The number of anilines is 2. The summed E-state index contributed by atoms with van der Waals surface area (Å²) >= 11 is 15.8. The lowest BCUT2D eigenvalue weighted by Gasteiger charge is -2.27. The van der Waals surface area contributed by atoms with Crippen molar-refractivity contribution in [1.29, 1.82) is 0 Å². The average molecular weight is 729 g/mol. The number of hydrogen-bond donors (Lipinski definition) is 0. The molecule has 0 fully saturated rings. The molecule has 0 saturated heterocycles. The number of hydrogen-bond acceptors (Lipinski definition) is 4. The Kier molecular flexibility index (Phi) is 25.7. The number of nitrogens with zero attached hydrogens (tertiary/aromatic N) is 2. The molecule has 2 rings (SSSR count). The Balaban J connectivity index is 1.60. The number of thiocarbonyl (C=S) groups is 2. The van der Waals surface area contributed by atoms with Crippen LogP contribution in [-0.2, 0) is 11.5 Å². The summed E-state index contributed by atoms with van der Waals surface area (Å²) in [5, 5.41) is 0. The van der Waals surface area contributed by atoms with Crippen LogP contribution >= 0.6 is 48.0 Å². The van der Waals surface area contributed by atoms with Crippen molar-refractivity contribution in [1.82, 2.24) is 0 Å². The molecule has 0 aliphatic heterocycles. The highest BCUT2D eigenvalue weighted by Crippen LogP contribution is 2.23. The molecule has 0 bridgehead atoms. The van der Waals surface area contributed by atoms with Crippen LogP contribution in [0.5, 0.6) is 0 Å². The Morgan fingerprint density at radius 2 is 0.708 bits per heavy atom. The van der Waals surface area contributed by atoms with Crippen molar-refractivity contribution >= 4 is 69.3 Å². The fourth-order valence-corrected chi connectivity index (χ4v) is 8.36. The summed E-state index contributed by atoms with van der Waals surface area (Å²) in [5.74, 6) is 4.64. The minimum absolute atomic E-state index is 0.673. The molecular formula is C42H68N2S4. The maximum atomic E-state index is 5.85. The van der Waals surface area contributed by atoms with E-state index in [4.69, 9.17) is 24.4 Å². The Hall–Kier alpha value is -1.08. The van der Waals surface area contributed by atoms with Gasteiger partial charge in [-0.1, -0.05) is 178 Å². The van der Waals surface area contributed by atoms with E-state index in [1.807, 2.05) is 23.9 Å². The molecule has 0 aromatic heterocycles. The number of likely N-dealkylation sites (N-methyl/N-ethyl adjacent to an activating group) is 2. The second kappa shape index (κ2) is 28.6. The third kappa shape index (κ3) is 19.3. The van der Waals surface area contributed by atoms with E-state index in [1.54, 1.807) is 0 Å². The quantitative estimate of drug-likeness (QED) is 0.0631. The zero-order chi connectivity index (χ0) is 34.7. The zero-order valence-corrected chi connectivity index (χ0v) is 34.4. The van der Waals surface area contributed by atoms with Crippen molar-refractivity contribution in [3.05, 3.63) is 59.7 Å². The summed E-state index contributed by atoms with van der Waals surface area (Å²) in [4.78, 5) is 5.42. The molecule has 0 saturated carbocycles. The van der Waals surface area contributed by atoms with E-state index < -0.39 is 0 Å². The molecule has 2 aromatic carbocycles. The highest BCUT2D eigenvalue weighted by molar-refractivity contribution is 7.98. The maximum Gasteiger partial charge on any atom is 0.141 e. The van der Waals surface area contributed by atoms with Gasteiger partial charge in [-0.2, -0.15) is 23.5 Å². The summed E-state index contributed by atoms with van der Waals surface area (Å²) in [7, 11) is 4.04. The fourth-order valence-electron chi connectivity index (χ4n) is 5.92. The van der Waals surface area contributed by atoms with Crippen LogP contribution in [0.1, 0.15) is 153 Å². The molecule has 0 aliphatic rings. The van der Waals surface area contributed by atoms with Gasteiger partial charge in [-0.15, -0.1) is 0 Å². The van der Waals surface area contributed by atoms with Crippen molar-refractivity contribution in [2.24, 2.45) is 0 Å². The Labute approximate surface area is 316 Å². The van der Waals surface area contributed by atoms with Crippen molar-refractivity contribution in [3.63, 3.8) is 0 Å². The van der Waals surface area contributed by atoms with E-state index in [9.17, 15) is 0 Å². The summed E-state index contributed by atoms with van der Waals surface area (Å²) in [6.45, 7) is 4.58. The summed E-state index contributed by atoms with van der Waals surface area (Å²) in [6.07, 6.45) is 28.0. The molecule has 0 spiro atoms. The standard InChI is InChI=1S/C42H68N2S4/c1-5-7-9-11-13-15-17-19-21-23-33-47-35-37-25-29-39(30-26-37)43(3)41(45)42(46)44(4)40-31-27-38(28-32-40)36-48-34-24-22-20-18-16-14-12-10-8-6-2/h25-32H,5-24,33-36H2,1-4H3. The third-order valence-corrected chi connectivity index (χ3v) is 12.6. The van der Waals surface area contributed by atoms with Crippen LogP contribution in [0, 0.1) is 0 Å². The second-order valence-electron chi connectivity index (χ2n) is 13.5. The van der Waals surface area contributed by atoms with Gasteiger partial charge >= 0.3 is 0 Å². The van der Waals surface area contributed by atoms with Crippen molar-refractivity contribution < 1.29 is 0 Å². The number of benzene rings is 2. The van der Waals surface area contributed by atoms with Crippen LogP contribution in [0.15, 0.2) is 48.5 Å². The average Bonchev–Trinajstić information content (AvgIpc) is 3.11. The smallest absolute Gasteiger partial charge is 0.141 e. The lowest BCUT2D eigenvalue weighted by atomic mass is 10.1. The predicted molar refractivity (Wildman–Crippen MR) is 231 cm³/mol. The topological polar surface area (TPSA) is 6.48 Å². The molecule has 0 aliphatic carbocycles. The van der Waals surface area contributed by atoms with Crippen LogP contribution in [0.2, 0.25) is 0 Å². The van der Waals surface area contributed by atoms with Gasteiger partial charge in [-0.25, -0.2) is 0 Å². The molecule has 2 nitrogen and oxygen atoms in total. The van der Waals surface area contributed by atoms with Crippen LogP contribution in [0.4, 0.5) is 11.4 Å². The van der Waals surface area contributed by atoms with Gasteiger partial charge in [0.15, 0.2) is 0 Å². The molecule has 0 atom stereocenters. The third-order valence-electron chi connectivity index (χ3n) is 9.26. The van der Waals surface area contributed by atoms with E-state index in [2.05, 4.69) is 85.9 Å². The number of unbranched alkanes of at least 4 members (excludes halogenated alkanes) is 18. The lowest BCUT2D eigenvalue weighted by Crippen LogP contribution is -2.39. The SMILES string of the molecule is CCCCCCCCCCCCSCc1ccc(N(C)C(=S)C(=S)N(C)c2ccc(CSCCCCCCCCCCCC)cc2)cc1. The molecule has 0 unspecified atom stereocenters. The largest absolute Gasteiger partial charge is 0.333 e. The van der Waals surface area contributed by atoms with Gasteiger partial charge in [0.05, 0.1) is 0 Å². The van der Waals surface area contributed by atoms with Crippen molar-refractivity contribution in [2.75, 3.05) is 35.4 Å². The van der Waals surface area contributed by atoms with Gasteiger partial charge in [-0.05, 0) is 59.7 Å². The first-order valence-corrected chi connectivity index (χ1v) is 22.5. The molecule has 48 heavy (non-hydrogen) atoms. The van der Waals surface area contributed by atoms with Gasteiger partial charge < -0.3 is 9.80 Å². The molecule has 0 heterocycles. The highest BCUT2D eigenvalue weighted by Gasteiger charge is 2.17. The van der Waals surface area contributed by atoms with Crippen LogP contribution in [-0.4, -0.2) is 35.6 Å². The summed E-state index contributed by atoms with van der Waals surface area (Å²) < 4.78 is 0. The Morgan fingerprint density at radius 1 is 0.438 bits per heavy atom. The first-order chi connectivity index (χ1) is 23.5. The van der Waals surface area contributed by atoms with Crippen LogP contribution in [0.25, 0.3) is 0 Å². The molecular weight excluding hydrogens is 661 g/mol. The first-order valence-electron chi connectivity index (χ1n) is 19.4. The van der Waals surface area contributed by atoms with Crippen LogP contribution in [0.3, 0.4) is 0 Å². The van der Waals surface area contributed by atoms with E-state index in [0.717, 1.165) is 22.9 Å². The van der Waals surface area contributed by atoms with E-state index in [-0.39, 0.29) is 0 Å². The maximum absolute atomic E-state index is 5.85. The first kappa shape index (κ1) is 43.1. The van der Waals surface area contributed by atoms with E-state index in [1.165, 1.54) is 151 Å². The van der Waals surface area contributed by atoms with Crippen molar-refractivity contribution in [3.8, 4) is 0 Å². The van der Waals surface area contributed by atoms with Gasteiger partial charge in [-0.3, -0.25) is 0 Å². The predicted octanol–water partition coefficient (Wildman–Crippen LogP) is 14.2. The molecule has 6 heteroatoms. The lowest BCUT2D eigenvalue weighted by molar-refractivity contribution is 0.563. The monoisotopic (exact) mass is 728 g/mol. The van der Waals surface area contributed by atoms with Crippen LogP contribution < -0.4 is 9.80 Å². The Bertz CT molecular complexity index is 998. The minimum atomic E-state index is 0.673. The fraction of sp³-hybridized carbons (Fsp3) is 0.667. The number of rotatable bonds is 28. The summed E-state index contributed by atoms with van der Waals surface area (Å²) in [5.41, 5.74) is 4.90. The highest BCUT2D eigenvalue weighted by atomic mass is 32.2. The van der Waals surface area contributed by atoms with Gasteiger partial charge in [0.25, 0.3) is 0 Å². The van der Waals surface area contributed by atoms with E-state index >= 15 is 0 Å². The molecule has 0 N–H and O–H groups in total. The minimum Gasteiger partial charge on any atom is -0.333 e. The number of thioether (sulfide) groups is 2. The normalized spacial score (nSPS) is 11.2. The molecule has 0 radical (unpaired) electrons.